The molecule has 1 amide bonds. The number of hydrogen-bond acceptors (Lipinski definition) is 5. The van der Waals surface area contributed by atoms with Gasteiger partial charge in [0.2, 0.25) is 11.7 Å². The summed E-state index contributed by atoms with van der Waals surface area (Å²) in [4.78, 5) is 18.1. The van der Waals surface area contributed by atoms with Gasteiger partial charge in [-0.3, -0.25) is 0 Å². The van der Waals surface area contributed by atoms with Gasteiger partial charge in [0.15, 0.2) is 0 Å². The van der Waals surface area contributed by atoms with Gasteiger partial charge in [-0.2, -0.15) is 4.98 Å². The van der Waals surface area contributed by atoms with Crippen LogP contribution in [-0.2, 0) is 4.74 Å². The lowest BCUT2D eigenvalue weighted by Crippen LogP contribution is -2.42. The van der Waals surface area contributed by atoms with Crippen molar-refractivity contribution in [3.8, 4) is 11.4 Å². The van der Waals surface area contributed by atoms with Gasteiger partial charge < -0.3 is 14.2 Å². The van der Waals surface area contributed by atoms with E-state index < -0.39 is 17.2 Å². The van der Waals surface area contributed by atoms with Crippen LogP contribution >= 0.6 is 0 Å². The average Bonchev–Trinajstić information content (AvgIpc) is 3.03. The molecule has 2 aromatic rings. The maximum Gasteiger partial charge on any atom is 0.410 e. The standard InChI is InChI=1S/C18H21F2N3O3/c1-18(2,3)25-17(24)23-8-4-5-11(10-23)16-21-15(22-26-16)13-7-6-12(19)9-14(13)20/h6-7,9,11H,4-5,8,10H2,1-3H3/t11-/m0/s1. The average molecular weight is 365 g/mol. The van der Waals surface area contributed by atoms with E-state index in [4.69, 9.17) is 9.26 Å². The van der Waals surface area contributed by atoms with Crippen molar-refractivity contribution in [3.05, 3.63) is 35.7 Å². The molecule has 1 fully saturated rings. The molecular formula is C18H21F2N3O3. The third-order valence-electron chi connectivity index (χ3n) is 4.04. The third-order valence-corrected chi connectivity index (χ3v) is 4.04. The van der Waals surface area contributed by atoms with Crippen LogP contribution < -0.4 is 0 Å². The van der Waals surface area contributed by atoms with Gasteiger partial charge in [0.05, 0.1) is 11.5 Å². The second kappa shape index (κ2) is 7.01. The van der Waals surface area contributed by atoms with Gasteiger partial charge in [0.25, 0.3) is 0 Å². The summed E-state index contributed by atoms with van der Waals surface area (Å²) in [5.41, 5.74) is -0.497. The van der Waals surface area contributed by atoms with Crippen LogP contribution in [0.15, 0.2) is 22.7 Å². The first-order chi connectivity index (χ1) is 12.2. The second-order valence-electron chi connectivity index (χ2n) is 7.35. The molecule has 2 heterocycles. The van der Waals surface area contributed by atoms with Gasteiger partial charge >= 0.3 is 6.09 Å². The maximum absolute atomic E-state index is 13.9. The predicted octanol–water partition coefficient (Wildman–Crippen LogP) is 4.13. The van der Waals surface area contributed by atoms with E-state index in [1.807, 2.05) is 20.8 Å². The fraction of sp³-hybridized carbons (Fsp3) is 0.500. The Labute approximate surface area is 150 Å². The van der Waals surface area contributed by atoms with E-state index in [-0.39, 0.29) is 23.4 Å². The SMILES string of the molecule is CC(C)(C)OC(=O)N1CCC[C@H](c2nc(-c3ccc(F)cc3F)no2)C1. The number of carbonyl (C=O) groups excluding carboxylic acids is 1. The Morgan fingerprint density at radius 2 is 2.12 bits per heavy atom. The minimum absolute atomic E-state index is 0.0619. The Morgan fingerprint density at radius 3 is 2.81 bits per heavy atom. The lowest BCUT2D eigenvalue weighted by molar-refractivity contribution is 0.0189. The monoisotopic (exact) mass is 365 g/mol. The number of benzene rings is 1. The normalized spacial score (nSPS) is 18.0. The van der Waals surface area contributed by atoms with E-state index in [2.05, 4.69) is 10.1 Å². The summed E-state index contributed by atoms with van der Waals surface area (Å²) >= 11 is 0. The van der Waals surface area contributed by atoms with Crippen molar-refractivity contribution in [1.82, 2.24) is 15.0 Å². The minimum Gasteiger partial charge on any atom is -0.444 e. The molecule has 1 aliphatic heterocycles. The summed E-state index contributed by atoms with van der Waals surface area (Å²) in [6, 6.07) is 3.18. The highest BCUT2D eigenvalue weighted by molar-refractivity contribution is 5.68. The van der Waals surface area contributed by atoms with Gasteiger partial charge in [-0.05, 0) is 45.7 Å². The number of nitrogens with zero attached hydrogens (tertiary/aromatic N) is 3. The molecule has 140 valence electrons. The van der Waals surface area contributed by atoms with Crippen LogP contribution in [0.25, 0.3) is 11.4 Å². The molecule has 0 spiro atoms. The molecule has 1 aliphatic rings. The van der Waals surface area contributed by atoms with Crippen molar-refractivity contribution >= 4 is 6.09 Å². The van der Waals surface area contributed by atoms with E-state index in [1.54, 1.807) is 4.90 Å². The molecule has 26 heavy (non-hydrogen) atoms. The van der Waals surface area contributed by atoms with Crippen LogP contribution in [0, 0.1) is 11.6 Å². The lowest BCUT2D eigenvalue weighted by atomic mass is 9.98. The van der Waals surface area contributed by atoms with E-state index in [0.717, 1.165) is 25.0 Å². The molecule has 0 bridgehead atoms. The number of rotatable bonds is 2. The lowest BCUT2D eigenvalue weighted by Gasteiger charge is -2.32. The quantitative estimate of drug-likeness (QED) is 0.800. The Balaban J connectivity index is 1.73. The highest BCUT2D eigenvalue weighted by Gasteiger charge is 2.31. The largest absolute Gasteiger partial charge is 0.444 e. The molecule has 1 saturated heterocycles. The van der Waals surface area contributed by atoms with E-state index in [1.165, 1.54) is 6.07 Å². The molecule has 0 N–H and O–H groups in total. The fourth-order valence-corrected chi connectivity index (χ4v) is 2.85. The molecule has 0 aliphatic carbocycles. The maximum atomic E-state index is 13.9. The zero-order valence-corrected chi connectivity index (χ0v) is 15.0. The molecule has 1 aromatic carbocycles. The van der Waals surface area contributed by atoms with Crippen molar-refractivity contribution in [3.63, 3.8) is 0 Å². The molecule has 1 atom stereocenters. The first kappa shape index (κ1) is 18.3. The van der Waals surface area contributed by atoms with Gasteiger partial charge in [0, 0.05) is 19.2 Å². The molecule has 1 aromatic heterocycles. The Bertz CT molecular complexity index is 801. The molecule has 0 radical (unpaired) electrons. The van der Waals surface area contributed by atoms with Crippen molar-refractivity contribution < 1.29 is 22.8 Å². The molecule has 0 saturated carbocycles. The van der Waals surface area contributed by atoms with Crippen LogP contribution in [0.5, 0.6) is 0 Å². The summed E-state index contributed by atoms with van der Waals surface area (Å²) in [6.07, 6.45) is 1.16. The minimum atomic E-state index is -0.753. The van der Waals surface area contributed by atoms with Gasteiger partial charge in [-0.25, -0.2) is 13.6 Å². The van der Waals surface area contributed by atoms with E-state index in [0.29, 0.717) is 19.0 Å². The second-order valence-corrected chi connectivity index (χ2v) is 7.35. The van der Waals surface area contributed by atoms with Crippen LogP contribution in [0.1, 0.15) is 45.4 Å². The summed E-state index contributed by atoms with van der Waals surface area (Å²) in [6.45, 7) is 6.43. The van der Waals surface area contributed by atoms with Gasteiger partial charge in [0.1, 0.15) is 17.2 Å². The highest BCUT2D eigenvalue weighted by Crippen LogP contribution is 2.29. The molecular weight excluding hydrogens is 344 g/mol. The molecule has 8 heteroatoms. The van der Waals surface area contributed by atoms with Crippen molar-refractivity contribution in [2.24, 2.45) is 0 Å². The van der Waals surface area contributed by atoms with Crippen LogP contribution in [-0.4, -0.2) is 39.8 Å². The summed E-state index contributed by atoms with van der Waals surface area (Å²) in [5.74, 6) is -1.18. The van der Waals surface area contributed by atoms with Crippen molar-refractivity contribution in [2.45, 2.75) is 45.1 Å². The Hall–Kier alpha value is -2.51. The predicted molar refractivity (Wildman–Crippen MR) is 89.4 cm³/mol. The number of hydrogen-bond donors (Lipinski definition) is 0. The van der Waals surface area contributed by atoms with E-state index in [9.17, 15) is 13.6 Å². The Kier molecular flexibility index (Phi) is 4.93. The number of amides is 1. The molecule has 0 unspecified atom stereocenters. The number of aromatic nitrogens is 2. The summed E-state index contributed by atoms with van der Waals surface area (Å²) in [7, 11) is 0. The first-order valence-corrected chi connectivity index (χ1v) is 8.50. The van der Waals surface area contributed by atoms with Gasteiger partial charge in [-0.1, -0.05) is 5.16 Å². The van der Waals surface area contributed by atoms with Crippen LogP contribution in [0.2, 0.25) is 0 Å². The zero-order chi connectivity index (χ0) is 18.9. The van der Waals surface area contributed by atoms with Gasteiger partial charge in [-0.15, -0.1) is 0 Å². The van der Waals surface area contributed by atoms with Crippen LogP contribution in [0.3, 0.4) is 0 Å². The number of halogens is 2. The topological polar surface area (TPSA) is 68.5 Å². The van der Waals surface area contributed by atoms with E-state index >= 15 is 0 Å². The smallest absolute Gasteiger partial charge is 0.410 e. The number of likely N-dealkylation sites (tertiary alicyclic amines) is 1. The summed E-state index contributed by atoms with van der Waals surface area (Å²) in [5, 5.41) is 3.80. The Morgan fingerprint density at radius 1 is 1.35 bits per heavy atom. The highest BCUT2D eigenvalue weighted by atomic mass is 19.1. The van der Waals surface area contributed by atoms with Crippen LogP contribution in [0.4, 0.5) is 13.6 Å². The third kappa shape index (κ3) is 4.17. The number of ether oxygens (including phenoxy) is 1. The zero-order valence-electron chi connectivity index (χ0n) is 15.0. The molecule has 6 nitrogen and oxygen atoms in total. The number of piperidine rings is 1. The van der Waals surface area contributed by atoms with Crippen molar-refractivity contribution in [1.29, 1.82) is 0 Å². The molecule has 3 rings (SSSR count). The summed E-state index contributed by atoms with van der Waals surface area (Å²) < 4.78 is 37.6. The number of carbonyl (C=O) groups is 1. The first-order valence-electron chi connectivity index (χ1n) is 8.50. The fourth-order valence-electron chi connectivity index (χ4n) is 2.85. The van der Waals surface area contributed by atoms with Crippen molar-refractivity contribution in [2.75, 3.05) is 13.1 Å².